The van der Waals surface area contributed by atoms with Crippen LogP contribution in [0.3, 0.4) is 0 Å². The number of nitrogens with zero attached hydrogens (tertiary/aromatic N) is 2. The van der Waals surface area contributed by atoms with E-state index in [-0.39, 0.29) is 0 Å². The van der Waals surface area contributed by atoms with Crippen LogP contribution in [0, 0.1) is 28.6 Å². The molecule has 0 aliphatic heterocycles. The monoisotopic (exact) mass is 518 g/mol. The summed E-state index contributed by atoms with van der Waals surface area (Å²) in [6, 6.07) is 25.2. The molecule has 3 heteroatoms. The Morgan fingerprint density at radius 1 is 0.667 bits per heavy atom. The minimum atomic E-state index is 0.428. The van der Waals surface area contributed by atoms with Gasteiger partial charge >= 0.3 is 0 Å². The minimum Gasteiger partial charge on any atom is -0.494 e. The lowest BCUT2D eigenvalue weighted by molar-refractivity contribution is 0.303. The van der Waals surface area contributed by atoms with E-state index >= 15 is 0 Å². The van der Waals surface area contributed by atoms with E-state index in [4.69, 9.17) is 4.74 Å². The molecular weight excluding hydrogens is 476 g/mol. The Kier molecular flexibility index (Phi) is 10.6. The van der Waals surface area contributed by atoms with Gasteiger partial charge in [0.25, 0.3) is 0 Å². The molecule has 39 heavy (non-hydrogen) atoms. The fraction of sp³-hybridized carbons (Fsp3) is 0.444. The summed E-state index contributed by atoms with van der Waals surface area (Å²) in [7, 11) is 0. The van der Waals surface area contributed by atoms with Crippen LogP contribution in [0.4, 0.5) is 0 Å². The van der Waals surface area contributed by atoms with Gasteiger partial charge in [0.15, 0.2) is 0 Å². The number of hydrogen-bond acceptors (Lipinski definition) is 3. The summed E-state index contributed by atoms with van der Waals surface area (Å²) in [6.07, 6.45) is 14.0. The molecule has 3 nitrogen and oxygen atoms in total. The Bertz CT molecular complexity index is 1270. The molecule has 0 saturated heterocycles. The van der Waals surface area contributed by atoms with Gasteiger partial charge in [0.2, 0.25) is 0 Å². The molecule has 0 unspecified atom stereocenters. The van der Waals surface area contributed by atoms with Crippen molar-refractivity contribution in [1.29, 1.82) is 10.5 Å². The van der Waals surface area contributed by atoms with Gasteiger partial charge in [-0.2, -0.15) is 10.5 Å². The summed E-state index contributed by atoms with van der Waals surface area (Å²) in [6.45, 7) is 5.17. The summed E-state index contributed by atoms with van der Waals surface area (Å²) >= 11 is 0. The Labute approximate surface area is 235 Å². The second-order valence-electron chi connectivity index (χ2n) is 11.0. The predicted molar refractivity (Wildman–Crippen MR) is 161 cm³/mol. The van der Waals surface area contributed by atoms with Crippen LogP contribution in [0.25, 0.3) is 22.3 Å². The van der Waals surface area contributed by atoms with Gasteiger partial charge in [0.1, 0.15) is 17.9 Å². The van der Waals surface area contributed by atoms with Crippen LogP contribution < -0.4 is 4.74 Å². The average Bonchev–Trinajstić information content (AvgIpc) is 2.99. The maximum Gasteiger partial charge on any atom is 0.119 e. The standard InChI is InChI=1S/C36H42N2O/c1-3-5-7-9-27-10-12-28(13-11-27)29-14-16-30(17-15-29)33-22-23-34(36(26-38)35(33)25-37)31-18-20-32(21-19-31)39-24-8-6-4-2/h14-23,27-28H,3-13,24H2,1-2H3. The third-order valence-electron chi connectivity index (χ3n) is 8.37. The number of unbranched alkanes of at least 4 members (excludes halogenated alkanes) is 4. The molecule has 1 aliphatic carbocycles. The third-order valence-corrected chi connectivity index (χ3v) is 8.37. The van der Waals surface area contributed by atoms with E-state index in [1.165, 1.54) is 63.4 Å². The first-order chi connectivity index (χ1) is 19.2. The molecule has 0 spiro atoms. The maximum absolute atomic E-state index is 10.1. The number of ether oxygens (including phenoxy) is 1. The van der Waals surface area contributed by atoms with Crippen molar-refractivity contribution < 1.29 is 4.74 Å². The minimum absolute atomic E-state index is 0.428. The number of benzene rings is 3. The topological polar surface area (TPSA) is 56.8 Å². The van der Waals surface area contributed by atoms with Crippen LogP contribution in [-0.4, -0.2) is 6.61 Å². The van der Waals surface area contributed by atoms with Crippen molar-refractivity contribution >= 4 is 0 Å². The smallest absolute Gasteiger partial charge is 0.119 e. The molecule has 0 radical (unpaired) electrons. The number of nitriles is 2. The van der Waals surface area contributed by atoms with Crippen LogP contribution in [0.1, 0.15) is 107 Å². The Morgan fingerprint density at radius 2 is 1.21 bits per heavy atom. The van der Waals surface area contributed by atoms with Gasteiger partial charge in [-0.25, -0.2) is 0 Å². The molecule has 0 bridgehead atoms. The van der Waals surface area contributed by atoms with Crippen molar-refractivity contribution in [3.63, 3.8) is 0 Å². The summed E-state index contributed by atoms with van der Waals surface area (Å²) < 4.78 is 5.84. The summed E-state index contributed by atoms with van der Waals surface area (Å²) in [4.78, 5) is 0. The Hall–Kier alpha value is -3.56. The van der Waals surface area contributed by atoms with Crippen molar-refractivity contribution in [2.75, 3.05) is 6.61 Å². The molecule has 0 aromatic heterocycles. The first-order valence-corrected chi connectivity index (χ1v) is 15.0. The van der Waals surface area contributed by atoms with Gasteiger partial charge in [-0.3, -0.25) is 0 Å². The van der Waals surface area contributed by atoms with E-state index < -0.39 is 0 Å². The molecule has 3 aromatic carbocycles. The quantitative estimate of drug-likeness (QED) is 0.224. The molecule has 0 amide bonds. The largest absolute Gasteiger partial charge is 0.494 e. The van der Waals surface area contributed by atoms with Gasteiger partial charge in [0.05, 0.1) is 17.7 Å². The van der Waals surface area contributed by atoms with E-state index in [9.17, 15) is 10.5 Å². The van der Waals surface area contributed by atoms with Crippen LogP contribution in [0.15, 0.2) is 60.7 Å². The summed E-state index contributed by atoms with van der Waals surface area (Å²) in [5.41, 5.74) is 5.77. The van der Waals surface area contributed by atoms with Gasteiger partial charge in [-0.05, 0) is 72.8 Å². The number of rotatable bonds is 12. The highest BCUT2D eigenvalue weighted by atomic mass is 16.5. The molecule has 4 rings (SSSR count). The van der Waals surface area contributed by atoms with E-state index in [1.807, 2.05) is 36.4 Å². The fourth-order valence-corrected chi connectivity index (χ4v) is 5.99. The van der Waals surface area contributed by atoms with Crippen LogP contribution in [0.5, 0.6) is 5.75 Å². The molecule has 202 valence electrons. The SMILES string of the molecule is CCCCCOc1ccc(-c2ccc(-c3ccc(C4CCC(CCCCC)CC4)cc3)c(C#N)c2C#N)cc1. The molecule has 3 aromatic rings. The van der Waals surface area contributed by atoms with E-state index in [0.29, 0.717) is 23.7 Å². The zero-order valence-corrected chi connectivity index (χ0v) is 23.7. The second-order valence-corrected chi connectivity index (χ2v) is 11.0. The Morgan fingerprint density at radius 3 is 1.74 bits per heavy atom. The summed E-state index contributed by atoms with van der Waals surface area (Å²) in [5.74, 6) is 2.37. The molecule has 1 aliphatic rings. The van der Waals surface area contributed by atoms with E-state index in [1.54, 1.807) is 0 Å². The van der Waals surface area contributed by atoms with Crippen LogP contribution >= 0.6 is 0 Å². The number of hydrogen-bond donors (Lipinski definition) is 0. The van der Waals surface area contributed by atoms with Crippen LogP contribution in [0.2, 0.25) is 0 Å². The second kappa shape index (κ2) is 14.6. The highest BCUT2D eigenvalue weighted by Crippen LogP contribution is 2.39. The zero-order chi connectivity index (χ0) is 27.5. The average molecular weight is 519 g/mol. The van der Waals surface area contributed by atoms with E-state index in [0.717, 1.165) is 46.8 Å². The normalized spacial score (nSPS) is 16.8. The molecule has 1 saturated carbocycles. The third kappa shape index (κ3) is 7.30. The van der Waals surface area contributed by atoms with Crippen molar-refractivity contribution in [3.8, 4) is 40.1 Å². The molecule has 0 atom stereocenters. The highest BCUT2D eigenvalue weighted by molar-refractivity contribution is 5.82. The van der Waals surface area contributed by atoms with Gasteiger partial charge < -0.3 is 4.74 Å². The predicted octanol–water partition coefficient (Wildman–Crippen LogP) is 10.2. The maximum atomic E-state index is 10.1. The molecule has 1 fully saturated rings. The molecule has 0 heterocycles. The van der Waals surface area contributed by atoms with E-state index in [2.05, 4.69) is 50.3 Å². The van der Waals surface area contributed by atoms with Gasteiger partial charge in [-0.1, -0.05) is 101 Å². The van der Waals surface area contributed by atoms with Gasteiger partial charge in [-0.15, -0.1) is 0 Å². The van der Waals surface area contributed by atoms with Crippen molar-refractivity contribution in [3.05, 3.63) is 77.4 Å². The van der Waals surface area contributed by atoms with Crippen molar-refractivity contribution in [1.82, 2.24) is 0 Å². The van der Waals surface area contributed by atoms with Gasteiger partial charge in [0, 0.05) is 11.1 Å². The first kappa shape index (κ1) is 28.4. The molecule has 0 N–H and O–H groups in total. The lowest BCUT2D eigenvalue weighted by atomic mass is 9.77. The zero-order valence-electron chi connectivity index (χ0n) is 23.7. The summed E-state index contributed by atoms with van der Waals surface area (Å²) in [5, 5.41) is 20.1. The lowest BCUT2D eigenvalue weighted by Crippen LogP contribution is -2.13. The van der Waals surface area contributed by atoms with Crippen LogP contribution in [-0.2, 0) is 0 Å². The molecular formula is C36H42N2O. The fourth-order valence-electron chi connectivity index (χ4n) is 5.99. The van der Waals surface area contributed by atoms with Crippen molar-refractivity contribution in [2.45, 2.75) is 90.4 Å². The Balaban J connectivity index is 1.47. The lowest BCUT2D eigenvalue weighted by Gasteiger charge is -2.29. The van der Waals surface area contributed by atoms with Crippen molar-refractivity contribution in [2.24, 2.45) is 5.92 Å². The first-order valence-electron chi connectivity index (χ1n) is 15.0. The highest BCUT2D eigenvalue weighted by Gasteiger charge is 2.22.